The summed E-state index contributed by atoms with van der Waals surface area (Å²) in [6.07, 6.45) is 7.25. The standard InChI is InChI=1S/C11H21NO.ClH/c1-3-8-12(9-13)11-7-5-4-6-10(11)2;/h9-11H,3-8H2,1-2H3;1H/p-1. The SMILES string of the molecule is CCCN(C=O)C1CCCCC1C.[Cl-]. The molecule has 0 aromatic heterocycles. The zero-order valence-electron chi connectivity index (χ0n) is 9.21. The highest BCUT2D eigenvalue weighted by Crippen LogP contribution is 2.27. The van der Waals surface area contributed by atoms with E-state index in [-0.39, 0.29) is 12.4 Å². The van der Waals surface area contributed by atoms with Gasteiger partial charge in [0.05, 0.1) is 0 Å². The monoisotopic (exact) mass is 218 g/mol. The normalized spacial score (nSPS) is 26.4. The van der Waals surface area contributed by atoms with Crippen LogP contribution in [0.1, 0.15) is 46.0 Å². The molecule has 2 unspecified atom stereocenters. The van der Waals surface area contributed by atoms with E-state index in [9.17, 15) is 4.79 Å². The van der Waals surface area contributed by atoms with E-state index in [1.54, 1.807) is 0 Å². The lowest BCUT2D eigenvalue weighted by molar-refractivity contribution is -0.121. The molecule has 1 aliphatic carbocycles. The molecule has 0 aliphatic heterocycles. The first-order valence-electron chi connectivity index (χ1n) is 5.50. The molecular formula is C11H21ClNO-. The first kappa shape index (κ1) is 13.8. The van der Waals surface area contributed by atoms with Crippen molar-refractivity contribution >= 4 is 6.41 Å². The van der Waals surface area contributed by atoms with Crippen LogP contribution in [0.15, 0.2) is 0 Å². The third-order valence-electron chi connectivity index (χ3n) is 3.11. The third kappa shape index (κ3) is 3.49. The van der Waals surface area contributed by atoms with Gasteiger partial charge in [-0.05, 0) is 25.2 Å². The van der Waals surface area contributed by atoms with Crippen molar-refractivity contribution in [1.82, 2.24) is 4.90 Å². The second-order valence-corrected chi connectivity index (χ2v) is 4.17. The Labute approximate surface area is 93.5 Å². The summed E-state index contributed by atoms with van der Waals surface area (Å²) in [5, 5.41) is 0. The lowest BCUT2D eigenvalue weighted by Gasteiger charge is -2.36. The van der Waals surface area contributed by atoms with Crippen molar-refractivity contribution in [1.29, 1.82) is 0 Å². The maximum absolute atomic E-state index is 10.9. The first-order valence-corrected chi connectivity index (χ1v) is 5.50. The van der Waals surface area contributed by atoms with Gasteiger partial charge in [0.15, 0.2) is 0 Å². The zero-order chi connectivity index (χ0) is 9.68. The average Bonchev–Trinajstić information content (AvgIpc) is 2.16. The largest absolute Gasteiger partial charge is 1.00 e. The molecule has 0 saturated heterocycles. The minimum atomic E-state index is 0. The van der Waals surface area contributed by atoms with Gasteiger partial charge in [0.1, 0.15) is 0 Å². The molecule has 2 nitrogen and oxygen atoms in total. The highest BCUT2D eigenvalue weighted by atomic mass is 35.5. The second kappa shape index (κ2) is 7.10. The summed E-state index contributed by atoms with van der Waals surface area (Å²) < 4.78 is 0. The van der Waals surface area contributed by atoms with Crippen molar-refractivity contribution in [3.63, 3.8) is 0 Å². The molecule has 3 heteroatoms. The number of halogens is 1. The number of hydrogen-bond acceptors (Lipinski definition) is 1. The summed E-state index contributed by atoms with van der Waals surface area (Å²) in [5.74, 6) is 0.700. The quantitative estimate of drug-likeness (QED) is 0.580. The van der Waals surface area contributed by atoms with Gasteiger partial charge in [-0.1, -0.05) is 26.7 Å². The Kier molecular flexibility index (Phi) is 6.98. The smallest absolute Gasteiger partial charge is 0.209 e. The first-order chi connectivity index (χ1) is 6.29. The Morgan fingerprint density at radius 3 is 2.50 bits per heavy atom. The lowest BCUT2D eigenvalue weighted by atomic mass is 9.85. The molecule has 1 saturated carbocycles. The molecule has 2 atom stereocenters. The number of carbonyl (C=O) groups is 1. The van der Waals surface area contributed by atoms with E-state index < -0.39 is 0 Å². The van der Waals surface area contributed by atoms with Crippen LogP contribution in [0.5, 0.6) is 0 Å². The maximum atomic E-state index is 10.9. The Balaban J connectivity index is 0.00000169. The number of hydrogen-bond donors (Lipinski definition) is 0. The van der Waals surface area contributed by atoms with Crippen LogP contribution in [0, 0.1) is 5.92 Å². The van der Waals surface area contributed by atoms with Crippen LogP contribution < -0.4 is 12.4 Å². The highest BCUT2D eigenvalue weighted by molar-refractivity contribution is 5.47. The van der Waals surface area contributed by atoms with Gasteiger partial charge in [-0.25, -0.2) is 0 Å². The fraction of sp³-hybridized carbons (Fsp3) is 0.909. The average molecular weight is 219 g/mol. The van der Waals surface area contributed by atoms with Gasteiger partial charge in [0.25, 0.3) is 0 Å². The molecule has 1 amide bonds. The molecule has 0 N–H and O–H groups in total. The summed E-state index contributed by atoms with van der Waals surface area (Å²) in [4.78, 5) is 12.9. The van der Waals surface area contributed by atoms with E-state index in [0.717, 1.165) is 19.4 Å². The number of rotatable bonds is 4. The van der Waals surface area contributed by atoms with Crippen LogP contribution in [0.4, 0.5) is 0 Å². The molecule has 0 bridgehead atoms. The Hall–Kier alpha value is -0.240. The number of carbonyl (C=O) groups excluding carboxylic acids is 1. The topological polar surface area (TPSA) is 20.3 Å². The van der Waals surface area contributed by atoms with Gasteiger partial charge in [-0.15, -0.1) is 0 Å². The second-order valence-electron chi connectivity index (χ2n) is 4.17. The molecule has 0 radical (unpaired) electrons. The Morgan fingerprint density at radius 1 is 1.36 bits per heavy atom. The van der Waals surface area contributed by atoms with Crippen molar-refractivity contribution in [2.45, 2.75) is 52.0 Å². The van der Waals surface area contributed by atoms with Crippen molar-refractivity contribution in [2.24, 2.45) is 5.92 Å². The molecule has 0 aromatic carbocycles. The fourth-order valence-electron chi connectivity index (χ4n) is 2.34. The molecule has 0 spiro atoms. The van der Waals surface area contributed by atoms with Gasteiger partial charge < -0.3 is 17.3 Å². The number of amides is 1. The summed E-state index contributed by atoms with van der Waals surface area (Å²) in [7, 11) is 0. The molecule has 0 aromatic rings. The van der Waals surface area contributed by atoms with E-state index in [0.29, 0.717) is 12.0 Å². The van der Waals surface area contributed by atoms with Gasteiger partial charge >= 0.3 is 0 Å². The molecule has 84 valence electrons. The lowest BCUT2D eigenvalue weighted by Crippen LogP contribution is -3.00. The molecular weight excluding hydrogens is 198 g/mol. The van der Waals surface area contributed by atoms with E-state index in [1.807, 2.05) is 4.90 Å². The summed E-state index contributed by atoms with van der Waals surface area (Å²) in [5.41, 5.74) is 0. The van der Waals surface area contributed by atoms with Crippen LogP contribution in [0.25, 0.3) is 0 Å². The molecule has 1 fully saturated rings. The summed E-state index contributed by atoms with van der Waals surface area (Å²) >= 11 is 0. The van der Waals surface area contributed by atoms with Gasteiger partial charge in [-0.3, -0.25) is 4.79 Å². The van der Waals surface area contributed by atoms with E-state index in [2.05, 4.69) is 13.8 Å². The summed E-state index contributed by atoms with van der Waals surface area (Å²) in [6, 6.07) is 0.520. The molecule has 0 heterocycles. The third-order valence-corrected chi connectivity index (χ3v) is 3.11. The van der Waals surface area contributed by atoms with Crippen molar-refractivity contribution < 1.29 is 17.2 Å². The highest BCUT2D eigenvalue weighted by Gasteiger charge is 2.25. The van der Waals surface area contributed by atoms with E-state index in [4.69, 9.17) is 0 Å². The van der Waals surface area contributed by atoms with Gasteiger partial charge in [0.2, 0.25) is 6.41 Å². The van der Waals surface area contributed by atoms with Crippen LogP contribution in [-0.2, 0) is 4.79 Å². The Morgan fingerprint density at radius 2 is 2.00 bits per heavy atom. The summed E-state index contributed by atoms with van der Waals surface area (Å²) in [6.45, 7) is 5.33. The van der Waals surface area contributed by atoms with E-state index >= 15 is 0 Å². The van der Waals surface area contributed by atoms with Crippen molar-refractivity contribution in [3.05, 3.63) is 0 Å². The predicted molar refractivity (Wildman–Crippen MR) is 54.5 cm³/mol. The van der Waals surface area contributed by atoms with Crippen LogP contribution in [0.2, 0.25) is 0 Å². The maximum Gasteiger partial charge on any atom is 0.209 e. The molecule has 1 rings (SSSR count). The number of nitrogens with zero attached hydrogens (tertiary/aromatic N) is 1. The zero-order valence-corrected chi connectivity index (χ0v) is 9.96. The molecule has 14 heavy (non-hydrogen) atoms. The van der Waals surface area contributed by atoms with Gasteiger partial charge in [-0.2, -0.15) is 0 Å². The fourth-order valence-corrected chi connectivity index (χ4v) is 2.34. The predicted octanol–water partition coefficient (Wildman–Crippen LogP) is -0.562. The van der Waals surface area contributed by atoms with Crippen molar-refractivity contribution in [3.8, 4) is 0 Å². The van der Waals surface area contributed by atoms with Crippen molar-refractivity contribution in [2.75, 3.05) is 6.54 Å². The minimum Gasteiger partial charge on any atom is -1.00 e. The van der Waals surface area contributed by atoms with Gasteiger partial charge in [0, 0.05) is 12.6 Å². The van der Waals surface area contributed by atoms with Crippen LogP contribution in [-0.4, -0.2) is 23.9 Å². The van der Waals surface area contributed by atoms with Crippen LogP contribution in [0.3, 0.4) is 0 Å². The Bertz CT molecular complexity index is 163. The van der Waals surface area contributed by atoms with Crippen LogP contribution >= 0.6 is 0 Å². The molecule has 1 aliphatic rings. The minimum absolute atomic E-state index is 0. The van der Waals surface area contributed by atoms with E-state index in [1.165, 1.54) is 25.7 Å².